The van der Waals surface area contributed by atoms with Gasteiger partial charge < -0.3 is 15.5 Å². The zero-order valence-corrected chi connectivity index (χ0v) is 12.8. The van der Waals surface area contributed by atoms with Crippen LogP contribution >= 0.6 is 0 Å². The van der Waals surface area contributed by atoms with Crippen LogP contribution in [0.3, 0.4) is 0 Å². The van der Waals surface area contributed by atoms with Crippen LogP contribution in [0.15, 0.2) is 0 Å². The zero-order chi connectivity index (χ0) is 13.5. The molecule has 0 heterocycles. The van der Waals surface area contributed by atoms with E-state index < -0.39 is 0 Å². The van der Waals surface area contributed by atoms with Crippen molar-refractivity contribution in [1.29, 1.82) is 0 Å². The van der Waals surface area contributed by atoms with Crippen LogP contribution in [-0.4, -0.2) is 56.6 Å². The smallest absolute Gasteiger partial charge is 0.0109 e. The van der Waals surface area contributed by atoms with E-state index in [1.54, 1.807) is 0 Å². The standard InChI is InChI=1S/C14H33N3/c1-13(2)11-17(10-9-16(5)6)12-14(3,4)7-8-15/h13H,7-12,15H2,1-6H3. The van der Waals surface area contributed by atoms with Gasteiger partial charge in [-0.05, 0) is 38.4 Å². The van der Waals surface area contributed by atoms with E-state index in [1.807, 2.05) is 0 Å². The predicted octanol–water partition coefficient (Wildman–Crippen LogP) is 1.88. The molecule has 0 radical (unpaired) electrons. The Kier molecular flexibility index (Phi) is 8.01. The molecule has 0 aromatic heterocycles. The number of rotatable bonds is 9. The van der Waals surface area contributed by atoms with E-state index in [0.717, 1.165) is 38.5 Å². The van der Waals surface area contributed by atoms with Gasteiger partial charge >= 0.3 is 0 Å². The van der Waals surface area contributed by atoms with E-state index in [-0.39, 0.29) is 0 Å². The van der Waals surface area contributed by atoms with Crippen LogP contribution in [0.1, 0.15) is 34.1 Å². The van der Waals surface area contributed by atoms with Gasteiger partial charge in [0.25, 0.3) is 0 Å². The maximum absolute atomic E-state index is 5.69. The molecule has 0 bridgehead atoms. The second-order valence-corrected chi connectivity index (χ2v) is 6.64. The molecule has 2 N–H and O–H groups in total. The molecule has 0 spiro atoms. The summed E-state index contributed by atoms with van der Waals surface area (Å²) in [7, 11) is 4.27. The van der Waals surface area contributed by atoms with Crippen LogP contribution in [0.5, 0.6) is 0 Å². The van der Waals surface area contributed by atoms with Crippen LogP contribution in [0.2, 0.25) is 0 Å². The Morgan fingerprint density at radius 2 is 1.71 bits per heavy atom. The fourth-order valence-electron chi connectivity index (χ4n) is 2.17. The van der Waals surface area contributed by atoms with Crippen LogP contribution in [0, 0.1) is 11.3 Å². The molecular formula is C14H33N3. The van der Waals surface area contributed by atoms with Crippen molar-refractivity contribution >= 4 is 0 Å². The molecule has 0 saturated heterocycles. The van der Waals surface area contributed by atoms with Crippen LogP contribution in [-0.2, 0) is 0 Å². The molecule has 0 atom stereocenters. The van der Waals surface area contributed by atoms with Crippen molar-refractivity contribution in [3.8, 4) is 0 Å². The summed E-state index contributed by atoms with van der Waals surface area (Å²) >= 11 is 0. The minimum absolute atomic E-state index is 0.329. The van der Waals surface area contributed by atoms with Crippen LogP contribution < -0.4 is 5.73 Å². The molecule has 0 amide bonds. The summed E-state index contributed by atoms with van der Waals surface area (Å²) in [6, 6.07) is 0. The number of nitrogens with zero attached hydrogens (tertiary/aromatic N) is 2. The van der Waals surface area contributed by atoms with Crippen LogP contribution in [0.4, 0.5) is 0 Å². The Morgan fingerprint density at radius 1 is 1.12 bits per heavy atom. The lowest BCUT2D eigenvalue weighted by Gasteiger charge is -2.34. The fraction of sp³-hybridized carbons (Fsp3) is 1.00. The van der Waals surface area contributed by atoms with Gasteiger partial charge in [0.15, 0.2) is 0 Å². The lowest BCUT2D eigenvalue weighted by Crippen LogP contribution is -2.41. The summed E-state index contributed by atoms with van der Waals surface area (Å²) < 4.78 is 0. The first-order valence-corrected chi connectivity index (χ1v) is 6.84. The molecule has 0 unspecified atom stereocenters. The van der Waals surface area contributed by atoms with Crippen molar-refractivity contribution in [2.75, 3.05) is 46.8 Å². The van der Waals surface area contributed by atoms with Gasteiger partial charge in [-0.15, -0.1) is 0 Å². The largest absolute Gasteiger partial charge is 0.330 e. The molecular weight excluding hydrogens is 210 g/mol. The van der Waals surface area contributed by atoms with Gasteiger partial charge in [0.2, 0.25) is 0 Å². The van der Waals surface area contributed by atoms with Gasteiger partial charge in [0.1, 0.15) is 0 Å². The van der Waals surface area contributed by atoms with Gasteiger partial charge in [-0.2, -0.15) is 0 Å². The maximum atomic E-state index is 5.69. The number of hydrogen-bond donors (Lipinski definition) is 1. The summed E-state index contributed by atoms with van der Waals surface area (Å²) in [5.74, 6) is 0.728. The summed E-state index contributed by atoms with van der Waals surface area (Å²) in [4.78, 5) is 4.84. The Labute approximate surface area is 108 Å². The molecule has 104 valence electrons. The van der Waals surface area contributed by atoms with Gasteiger partial charge in [-0.3, -0.25) is 0 Å². The van der Waals surface area contributed by atoms with E-state index in [4.69, 9.17) is 5.73 Å². The maximum Gasteiger partial charge on any atom is 0.0109 e. The molecule has 3 heteroatoms. The molecule has 0 aliphatic carbocycles. The molecule has 0 fully saturated rings. The fourth-order valence-corrected chi connectivity index (χ4v) is 2.17. The summed E-state index contributed by atoms with van der Waals surface area (Å²) in [5, 5.41) is 0. The highest BCUT2D eigenvalue weighted by molar-refractivity contribution is 4.75. The Bertz CT molecular complexity index is 188. The predicted molar refractivity (Wildman–Crippen MR) is 77.3 cm³/mol. The third-order valence-electron chi connectivity index (χ3n) is 2.96. The number of likely N-dealkylation sites (N-methyl/N-ethyl adjacent to an activating group) is 1. The first-order chi connectivity index (χ1) is 7.76. The normalized spacial score (nSPS) is 13.1. The zero-order valence-electron chi connectivity index (χ0n) is 12.8. The van der Waals surface area contributed by atoms with Gasteiger partial charge in [0, 0.05) is 26.2 Å². The minimum Gasteiger partial charge on any atom is -0.330 e. The second kappa shape index (κ2) is 8.06. The van der Waals surface area contributed by atoms with E-state index in [0.29, 0.717) is 5.41 Å². The summed E-state index contributed by atoms with van der Waals surface area (Å²) in [6.45, 7) is 14.6. The second-order valence-electron chi connectivity index (χ2n) is 6.64. The van der Waals surface area contributed by atoms with E-state index in [9.17, 15) is 0 Å². The van der Waals surface area contributed by atoms with Gasteiger partial charge in [0.05, 0.1) is 0 Å². The lowest BCUT2D eigenvalue weighted by molar-refractivity contribution is 0.146. The van der Waals surface area contributed by atoms with Crippen molar-refractivity contribution in [1.82, 2.24) is 9.80 Å². The van der Waals surface area contributed by atoms with Crippen molar-refractivity contribution in [3.05, 3.63) is 0 Å². The average molecular weight is 243 g/mol. The van der Waals surface area contributed by atoms with Crippen molar-refractivity contribution < 1.29 is 0 Å². The third kappa shape index (κ3) is 9.57. The molecule has 0 aliphatic rings. The van der Waals surface area contributed by atoms with Crippen LogP contribution in [0.25, 0.3) is 0 Å². The average Bonchev–Trinajstić information content (AvgIpc) is 2.12. The lowest BCUT2D eigenvalue weighted by atomic mass is 9.88. The van der Waals surface area contributed by atoms with Gasteiger partial charge in [-0.25, -0.2) is 0 Å². The van der Waals surface area contributed by atoms with E-state index in [2.05, 4.69) is 51.6 Å². The highest BCUT2D eigenvalue weighted by atomic mass is 15.2. The SMILES string of the molecule is CC(C)CN(CCN(C)C)CC(C)(C)CCN. The molecule has 0 aromatic rings. The van der Waals surface area contributed by atoms with Crippen molar-refractivity contribution in [3.63, 3.8) is 0 Å². The van der Waals surface area contributed by atoms with Crippen molar-refractivity contribution in [2.24, 2.45) is 17.1 Å². The highest BCUT2D eigenvalue weighted by Gasteiger charge is 2.21. The molecule has 0 aromatic carbocycles. The Hall–Kier alpha value is -0.120. The topological polar surface area (TPSA) is 32.5 Å². The van der Waals surface area contributed by atoms with Crippen molar-refractivity contribution in [2.45, 2.75) is 34.1 Å². The first kappa shape index (κ1) is 16.9. The van der Waals surface area contributed by atoms with Gasteiger partial charge in [-0.1, -0.05) is 27.7 Å². The molecule has 0 saturated carbocycles. The monoisotopic (exact) mass is 243 g/mol. The Morgan fingerprint density at radius 3 is 2.12 bits per heavy atom. The van der Waals surface area contributed by atoms with E-state index in [1.165, 1.54) is 6.54 Å². The first-order valence-electron chi connectivity index (χ1n) is 6.84. The summed E-state index contributed by atoms with van der Waals surface area (Å²) in [5.41, 5.74) is 6.02. The number of hydrogen-bond acceptors (Lipinski definition) is 3. The highest BCUT2D eigenvalue weighted by Crippen LogP contribution is 2.21. The molecule has 17 heavy (non-hydrogen) atoms. The molecule has 0 aliphatic heterocycles. The molecule has 0 rings (SSSR count). The third-order valence-corrected chi connectivity index (χ3v) is 2.96. The van der Waals surface area contributed by atoms with E-state index >= 15 is 0 Å². The Balaban J connectivity index is 4.26. The minimum atomic E-state index is 0.329. The summed E-state index contributed by atoms with van der Waals surface area (Å²) in [6.07, 6.45) is 1.10. The quantitative estimate of drug-likeness (QED) is 0.671. The number of nitrogens with two attached hydrogens (primary N) is 1. The molecule has 3 nitrogen and oxygen atoms in total.